The maximum absolute atomic E-state index is 5.46. The van der Waals surface area contributed by atoms with E-state index in [-0.39, 0.29) is 0 Å². The fraction of sp³-hybridized carbons (Fsp3) is 0.0909. The minimum absolute atomic E-state index is 0.420. The summed E-state index contributed by atoms with van der Waals surface area (Å²) in [6.07, 6.45) is 2.04. The van der Waals surface area contributed by atoms with Crippen LogP contribution in [-0.4, -0.2) is 16.5 Å². The lowest BCUT2D eigenvalue weighted by molar-refractivity contribution is 1.05. The molecule has 1 heterocycles. The van der Waals surface area contributed by atoms with Crippen molar-refractivity contribution in [3.05, 3.63) is 36.4 Å². The first-order valence-corrected chi connectivity index (χ1v) is 6.01. The number of thioether (sulfide) groups is 1. The van der Waals surface area contributed by atoms with Gasteiger partial charge in [0.25, 0.3) is 0 Å². The van der Waals surface area contributed by atoms with E-state index in [0.717, 1.165) is 5.69 Å². The molecule has 1 aromatic heterocycles. The van der Waals surface area contributed by atoms with Crippen LogP contribution in [0.2, 0.25) is 0 Å². The summed E-state index contributed by atoms with van der Waals surface area (Å²) in [6.45, 7) is 0. The lowest BCUT2D eigenvalue weighted by atomic mass is 10.3. The zero-order valence-corrected chi connectivity index (χ0v) is 9.66. The zero-order valence-electron chi connectivity index (χ0n) is 8.84. The zero-order chi connectivity index (χ0) is 11.4. The largest absolute Gasteiger partial charge is 0.382 e. The van der Waals surface area contributed by atoms with Crippen molar-refractivity contribution in [2.45, 2.75) is 4.90 Å². The first-order chi connectivity index (χ1) is 7.78. The van der Waals surface area contributed by atoms with Gasteiger partial charge in [-0.2, -0.15) is 0 Å². The van der Waals surface area contributed by atoms with Gasteiger partial charge in [-0.25, -0.2) is 0 Å². The molecule has 2 rings (SSSR count). The maximum atomic E-state index is 5.46. The number of anilines is 3. The Bertz CT molecular complexity index is 470. The quantitative estimate of drug-likeness (QED) is 0.796. The van der Waals surface area contributed by atoms with Crippen LogP contribution in [-0.2, 0) is 0 Å². The van der Waals surface area contributed by atoms with Gasteiger partial charge >= 0.3 is 0 Å². The molecule has 0 aliphatic carbocycles. The normalized spacial score (nSPS) is 10.1. The van der Waals surface area contributed by atoms with Gasteiger partial charge in [-0.05, 0) is 36.6 Å². The second-order valence-corrected chi connectivity index (χ2v) is 4.08. The lowest BCUT2D eigenvalue weighted by Gasteiger charge is -2.05. The van der Waals surface area contributed by atoms with Crippen LogP contribution in [0.25, 0.3) is 0 Å². The molecule has 5 heteroatoms. The maximum Gasteiger partial charge on any atom is 0.153 e. The van der Waals surface area contributed by atoms with Gasteiger partial charge in [0.05, 0.1) is 0 Å². The minimum atomic E-state index is 0.420. The van der Waals surface area contributed by atoms with Gasteiger partial charge in [-0.3, -0.25) is 0 Å². The number of nitrogens with zero attached hydrogens (tertiary/aromatic N) is 2. The van der Waals surface area contributed by atoms with Gasteiger partial charge < -0.3 is 11.1 Å². The summed E-state index contributed by atoms with van der Waals surface area (Å²) in [5, 5.41) is 10.9. The third-order valence-electron chi connectivity index (χ3n) is 2.03. The molecule has 0 atom stereocenters. The molecule has 0 aliphatic rings. The Hall–Kier alpha value is -1.75. The Morgan fingerprint density at radius 2 is 2.06 bits per heavy atom. The van der Waals surface area contributed by atoms with E-state index < -0.39 is 0 Å². The molecule has 16 heavy (non-hydrogen) atoms. The predicted octanol–water partition coefficient (Wildman–Crippen LogP) is 2.52. The number of aromatic nitrogens is 2. The first-order valence-electron chi connectivity index (χ1n) is 4.78. The summed E-state index contributed by atoms with van der Waals surface area (Å²) in [5.41, 5.74) is 6.45. The Morgan fingerprint density at radius 3 is 2.75 bits per heavy atom. The molecule has 4 nitrogen and oxygen atoms in total. The first kappa shape index (κ1) is 10.8. The minimum Gasteiger partial charge on any atom is -0.382 e. The van der Waals surface area contributed by atoms with Gasteiger partial charge in [0, 0.05) is 10.6 Å². The van der Waals surface area contributed by atoms with Crippen molar-refractivity contribution in [1.82, 2.24) is 10.2 Å². The van der Waals surface area contributed by atoms with Gasteiger partial charge in [0.1, 0.15) is 5.82 Å². The standard InChI is InChI=1S/C11H12N4S/c1-16-9-4-2-3-8(7-9)13-11-6-5-10(12)14-15-11/h2-7H,1H3,(H2,12,14)(H,13,15). The summed E-state index contributed by atoms with van der Waals surface area (Å²) >= 11 is 1.70. The number of nitrogen functional groups attached to an aromatic ring is 1. The average molecular weight is 232 g/mol. The van der Waals surface area contributed by atoms with Crippen LogP contribution >= 0.6 is 11.8 Å². The SMILES string of the molecule is CSc1cccc(Nc2ccc(N)nn2)c1. The molecular weight excluding hydrogens is 220 g/mol. The van der Waals surface area contributed by atoms with Crippen LogP contribution in [0.1, 0.15) is 0 Å². The Kier molecular flexibility index (Phi) is 3.26. The molecule has 1 aromatic carbocycles. The van der Waals surface area contributed by atoms with Crippen molar-refractivity contribution in [3.63, 3.8) is 0 Å². The highest BCUT2D eigenvalue weighted by Gasteiger charge is 1.97. The molecule has 0 saturated heterocycles. The van der Waals surface area contributed by atoms with Crippen LogP contribution in [0.5, 0.6) is 0 Å². The Balaban J connectivity index is 2.16. The van der Waals surface area contributed by atoms with Crippen molar-refractivity contribution in [1.29, 1.82) is 0 Å². The van der Waals surface area contributed by atoms with E-state index >= 15 is 0 Å². The van der Waals surface area contributed by atoms with Crippen molar-refractivity contribution in [2.75, 3.05) is 17.3 Å². The molecule has 0 radical (unpaired) electrons. The van der Waals surface area contributed by atoms with Gasteiger partial charge in [0.2, 0.25) is 0 Å². The van der Waals surface area contributed by atoms with Crippen molar-refractivity contribution >= 4 is 29.1 Å². The molecule has 0 amide bonds. The third-order valence-corrected chi connectivity index (χ3v) is 2.75. The van der Waals surface area contributed by atoms with E-state index in [1.54, 1.807) is 23.9 Å². The van der Waals surface area contributed by atoms with Crippen molar-refractivity contribution < 1.29 is 0 Å². The molecule has 0 bridgehead atoms. The highest BCUT2D eigenvalue weighted by atomic mass is 32.2. The summed E-state index contributed by atoms with van der Waals surface area (Å²) < 4.78 is 0. The van der Waals surface area contributed by atoms with E-state index in [0.29, 0.717) is 11.6 Å². The van der Waals surface area contributed by atoms with Crippen LogP contribution in [0, 0.1) is 0 Å². The highest BCUT2D eigenvalue weighted by Crippen LogP contribution is 2.21. The number of nitrogens with one attached hydrogen (secondary N) is 1. The molecule has 82 valence electrons. The number of benzene rings is 1. The molecule has 0 unspecified atom stereocenters. The molecule has 0 fully saturated rings. The van der Waals surface area contributed by atoms with Crippen molar-refractivity contribution in [3.8, 4) is 0 Å². The van der Waals surface area contributed by atoms with E-state index in [1.165, 1.54) is 4.90 Å². The Labute approximate surface area is 98.3 Å². The molecule has 0 spiro atoms. The highest BCUT2D eigenvalue weighted by molar-refractivity contribution is 7.98. The van der Waals surface area contributed by atoms with E-state index in [4.69, 9.17) is 5.73 Å². The number of rotatable bonds is 3. The summed E-state index contributed by atoms with van der Waals surface area (Å²) in [6, 6.07) is 11.6. The van der Waals surface area contributed by atoms with E-state index in [9.17, 15) is 0 Å². The van der Waals surface area contributed by atoms with Crippen LogP contribution in [0.3, 0.4) is 0 Å². The van der Waals surface area contributed by atoms with E-state index in [1.807, 2.05) is 18.4 Å². The fourth-order valence-corrected chi connectivity index (χ4v) is 1.72. The van der Waals surface area contributed by atoms with Crippen LogP contribution < -0.4 is 11.1 Å². The second-order valence-electron chi connectivity index (χ2n) is 3.20. The number of hydrogen-bond acceptors (Lipinski definition) is 5. The topological polar surface area (TPSA) is 63.8 Å². The average Bonchev–Trinajstić information content (AvgIpc) is 2.32. The van der Waals surface area contributed by atoms with Gasteiger partial charge in [-0.15, -0.1) is 22.0 Å². The van der Waals surface area contributed by atoms with Gasteiger partial charge in [0.15, 0.2) is 5.82 Å². The monoisotopic (exact) mass is 232 g/mol. The fourth-order valence-electron chi connectivity index (χ4n) is 1.26. The molecular formula is C11H12N4S. The Morgan fingerprint density at radius 1 is 1.19 bits per heavy atom. The molecule has 3 N–H and O–H groups in total. The smallest absolute Gasteiger partial charge is 0.153 e. The van der Waals surface area contributed by atoms with Gasteiger partial charge in [-0.1, -0.05) is 6.07 Å². The second kappa shape index (κ2) is 4.85. The lowest BCUT2D eigenvalue weighted by Crippen LogP contribution is -1.97. The predicted molar refractivity (Wildman–Crippen MR) is 68.0 cm³/mol. The summed E-state index contributed by atoms with van der Waals surface area (Å²) in [7, 11) is 0. The number of hydrogen-bond donors (Lipinski definition) is 2. The molecule has 2 aromatic rings. The summed E-state index contributed by atoms with van der Waals surface area (Å²) in [5.74, 6) is 1.11. The van der Waals surface area contributed by atoms with Crippen LogP contribution in [0.4, 0.5) is 17.3 Å². The molecule has 0 saturated carbocycles. The third kappa shape index (κ3) is 2.64. The number of nitrogens with two attached hydrogens (primary N) is 1. The van der Waals surface area contributed by atoms with Crippen LogP contribution in [0.15, 0.2) is 41.3 Å². The van der Waals surface area contributed by atoms with E-state index in [2.05, 4.69) is 27.6 Å². The molecule has 0 aliphatic heterocycles. The summed E-state index contributed by atoms with van der Waals surface area (Å²) in [4.78, 5) is 1.20. The van der Waals surface area contributed by atoms with Crippen molar-refractivity contribution in [2.24, 2.45) is 0 Å².